The van der Waals surface area contributed by atoms with Crippen molar-refractivity contribution in [1.82, 2.24) is 4.98 Å². The van der Waals surface area contributed by atoms with Crippen LogP contribution < -0.4 is 11.1 Å². The third-order valence-electron chi connectivity index (χ3n) is 2.49. The summed E-state index contributed by atoms with van der Waals surface area (Å²) >= 11 is 0. The monoisotopic (exact) mass is 245 g/mol. The van der Waals surface area contributed by atoms with Crippen molar-refractivity contribution in [3.63, 3.8) is 0 Å². The molecule has 0 aliphatic rings. The van der Waals surface area contributed by atoms with E-state index in [9.17, 15) is 9.18 Å². The molecule has 0 spiro atoms. The van der Waals surface area contributed by atoms with Crippen molar-refractivity contribution in [3.8, 4) is 0 Å². The van der Waals surface area contributed by atoms with Crippen LogP contribution in [0.4, 0.5) is 15.9 Å². The van der Waals surface area contributed by atoms with Gasteiger partial charge in [0.2, 0.25) is 0 Å². The third kappa shape index (κ3) is 2.45. The Labute approximate surface area is 104 Å². The molecule has 3 N–H and O–H groups in total. The molecule has 0 saturated heterocycles. The molecule has 0 atom stereocenters. The molecule has 0 unspecified atom stereocenters. The van der Waals surface area contributed by atoms with Gasteiger partial charge in [-0.2, -0.15) is 0 Å². The molecule has 1 aromatic heterocycles. The lowest BCUT2D eigenvalue weighted by molar-refractivity contribution is 0.102. The van der Waals surface area contributed by atoms with E-state index in [-0.39, 0.29) is 11.7 Å². The maximum Gasteiger partial charge on any atom is 0.256 e. The summed E-state index contributed by atoms with van der Waals surface area (Å²) < 4.78 is 13.1. The maximum absolute atomic E-state index is 13.1. The van der Waals surface area contributed by atoms with Crippen molar-refractivity contribution in [1.29, 1.82) is 0 Å². The minimum atomic E-state index is -0.372. The van der Waals surface area contributed by atoms with Crippen LogP contribution in [-0.4, -0.2) is 10.9 Å². The first-order valence-electron chi connectivity index (χ1n) is 5.36. The smallest absolute Gasteiger partial charge is 0.256 e. The van der Waals surface area contributed by atoms with E-state index in [0.29, 0.717) is 22.6 Å². The fraction of sp³-hybridized carbons (Fsp3) is 0.0769. The van der Waals surface area contributed by atoms with Crippen molar-refractivity contribution < 1.29 is 9.18 Å². The Morgan fingerprint density at radius 2 is 2.17 bits per heavy atom. The molecule has 0 aliphatic carbocycles. The lowest BCUT2D eigenvalue weighted by Crippen LogP contribution is -2.14. The van der Waals surface area contributed by atoms with Gasteiger partial charge in [-0.3, -0.25) is 4.79 Å². The number of nitrogens with zero attached hydrogens (tertiary/aromatic N) is 1. The number of nitrogen functional groups attached to an aromatic ring is 1. The third-order valence-corrected chi connectivity index (χ3v) is 2.49. The standard InChI is InChI=1S/C13H12FN3O/c1-8-7-9(4-5-10(8)14)13(18)17-12-11(15)3-2-6-16-12/h2-7H,15H2,1H3,(H,16,17,18). The molecule has 18 heavy (non-hydrogen) atoms. The van der Waals surface area contributed by atoms with Gasteiger partial charge in [0.25, 0.3) is 5.91 Å². The molecule has 1 aromatic carbocycles. The number of nitrogens with two attached hydrogens (primary N) is 1. The van der Waals surface area contributed by atoms with Crippen LogP contribution in [0, 0.1) is 12.7 Å². The summed E-state index contributed by atoms with van der Waals surface area (Å²) in [5, 5.41) is 2.58. The normalized spacial score (nSPS) is 10.1. The summed E-state index contributed by atoms with van der Waals surface area (Å²) in [6, 6.07) is 7.46. The van der Waals surface area contributed by atoms with Gasteiger partial charge in [0.15, 0.2) is 5.82 Å². The van der Waals surface area contributed by atoms with Crippen LogP contribution in [0.15, 0.2) is 36.5 Å². The van der Waals surface area contributed by atoms with Gasteiger partial charge >= 0.3 is 0 Å². The number of aromatic nitrogens is 1. The minimum absolute atomic E-state index is 0.296. The molecule has 2 aromatic rings. The average molecular weight is 245 g/mol. The van der Waals surface area contributed by atoms with Gasteiger partial charge in [-0.15, -0.1) is 0 Å². The number of benzene rings is 1. The number of nitrogens with one attached hydrogen (secondary N) is 1. The Bertz CT molecular complexity index is 599. The Hall–Kier alpha value is -2.43. The quantitative estimate of drug-likeness (QED) is 0.853. The molecule has 2 rings (SSSR count). The minimum Gasteiger partial charge on any atom is -0.396 e. The Balaban J connectivity index is 2.22. The van der Waals surface area contributed by atoms with E-state index >= 15 is 0 Å². The van der Waals surface area contributed by atoms with E-state index in [1.807, 2.05) is 0 Å². The number of aryl methyl sites for hydroxylation is 1. The number of rotatable bonds is 2. The van der Waals surface area contributed by atoms with Crippen LogP contribution in [0.1, 0.15) is 15.9 Å². The van der Waals surface area contributed by atoms with Gasteiger partial charge in [0.1, 0.15) is 5.82 Å². The highest BCUT2D eigenvalue weighted by molar-refractivity contribution is 6.05. The number of amides is 1. The van der Waals surface area contributed by atoms with E-state index in [2.05, 4.69) is 10.3 Å². The first-order valence-corrected chi connectivity index (χ1v) is 5.36. The zero-order chi connectivity index (χ0) is 13.1. The Kier molecular flexibility index (Phi) is 3.23. The second-order valence-corrected chi connectivity index (χ2v) is 3.86. The Morgan fingerprint density at radius 1 is 1.39 bits per heavy atom. The number of carbonyl (C=O) groups is 1. The molecule has 0 fully saturated rings. The summed E-state index contributed by atoms with van der Waals surface area (Å²) in [4.78, 5) is 15.9. The van der Waals surface area contributed by atoms with Crippen molar-refractivity contribution in [2.75, 3.05) is 11.1 Å². The predicted octanol–water partition coefficient (Wildman–Crippen LogP) is 2.36. The number of halogens is 1. The van der Waals surface area contributed by atoms with E-state index < -0.39 is 0 Å². The predicted molar refractivity (Wildman–Crippen MR) is 67.7 cm³/mol. The number of carbonyl (C=O) groups excluding carboxylic acids is 1. The van der Waals surface area contributed by atoms with Crippen molar-refractivity contribution in [2.24, 2.45) is 0 Å². The molecule has 0 saturated carbocycles. The molecule has 5 heteroatoms. The van der Waals surface area contributed by atoms with Crippen molar-refractivity contribution >= 4 is 17.4 Å². The van der Waals surface area contributed by atoms with Gasteiger partial charge < -0.3 is 11.1 Å². The van der Waals surface area contributed by atoms with Gasteiger partial charge in [0.05, 0.1) is 5.69 Å². The summed E-state index contributed by atoms with van der Waals surface area (Å²) in [5.74, 6) is -0.420. The highest BCUT2D eigenvalue weighted by Crippen LogP contribution is 2.15. The first-order chi connectivity index (χ1) is 8.58. The van der Waals surface area contributed by atoms with E-state index in [1.165, 1.54) is 24.4 Å². The second kappa shape index (κ2) is 4.83. The van der Waals surface area contributed by atoms with E-state index in [1.54, 1.807) is 19.1 Å². The highest BCUT2D eigenvalue weighted by Gasteiger charge is 2.10. The summed E-state index contributed by atoms with van der Waals surface area (Å²) in [5.41, 5.74) is 6.82. The fourth-order valence-corrected chi connectivity index (χ4v) is 1.49. The summed E-state index contributed by atoms with van der Waals surface area (Å²) in [6.45, 7) is 1.60. The van der Waals surface area contributed by atoms with E-state index in [4.69, 9.17) is 5.73 Å². The van der Waals surface area contributed by atoms with E-state index in [0.717, 1.165) is 0 Å². The summed E-state index contributed by atoms with van der Waals surface area (Å²) in [7, 11) is 0. The van der Waals surface area contributed by atoms with Crippen LogP contribution in [0.5, 0.6) is 0 Å². The average Bonchev–Trinajstić information content (AvgIpc) is 2.35. The molecule has 1 amide bonds. The van der Waals surface area contributed by atoms with Gasteiger partial charge in [0, 0.05) is 11.8 Å². The maximum atomic E-state index is 13.1. The number of hydrogen-bond donors (Lipinski definition) is 2. The number of pyridine rings is 1. The second-order valence-electron chi connectivity index (χ2n) is 3.86. The zero-order valence-electron chi connectivity index (χ0n) is 9.77. The molecule has 1 heterocycles. The molecule has 0 radical (unpaired) electrons. The molecular weight excluding hydrogens is 233 g/mol. The molecule has 0 aliphatic heterocycles. The van der Waals surface area contributed by atoms with Crippen LogP contribution >= 0.6 is 0 Å². The van der Waals surface area contributed by atoms with Crippen LogP contribution in [0.2, 0.25) is 0 Å². The molecule has 92 valence electrons. The number of hydrogen-bond acceptors (Lipinski definition) is 3. The molecule has 4 nitrogen and oxygen atoms in total. The molecular formula is C13H12FN3O. The topological polar surface area (TPSA) is 68.0 Å². The Morgan fingerprint density at radius 3 is 2.83 bits per heavy atom. The summed E-state index contributed by atoms with van der Waals surface area (Å²) in [6.07, 6.45) is 1.53. The fourth-order valence-electron chi connectivity index (χ4n) is 1.49. The van der Waals surface area contributed by atoms with Crippen LogP contribution in [0.3, 0.4) is 0 Å². The number of anilines is 2. The van der Waals surface area contributed by atoms with Gasteiger partial charge in [-0.05, 0) is 42.8 Å². The van der Waals surface area contributed by atoms with Crippen molar-refractivity contribution in [2.45, 2.75) is 6.92 Å². The highest BCUT2D eigenvalue weighted by atomic mass is 19.1. The SMILES string of the molecule is Cc1cc(C(=O)Nc2ncccc2N)ccc1F. The first kappa shape index (κ1) is 12.0. The zero-order valence-corrected chi connectivity index (χ0v) is 9.77. The van der Waals surface area contributed by atoms with Gasteiger partial charge in [-0.1, -0.05) is 0 Å². The molecule has 0 bridgehead atoms. The van der Waals surface area contributed by atoms with Crippen molar-refractivity contribution in [3.05, 3.63) is 53.5 Å². The van der Waals surface area contributed by atoms with Crippen LogP contribution in [-0.2, 0) is 0 Å². The lowest BCUT2D eigenvalue weighted by atomic mass is 10.1. The van der Waals surface area contributed by atoms with Crippen LogP contribution in [0.25, 0.3) is 0 Å². The largest absolute Gasteiger partial charge is 0.396 e. The lowest BCUT2D eigenvalue weighted by Gasteiger charge is -2.07. The van der Waals surface area contributed by atoms with Gasteiger partial charge in [-0.25, -0.2) is 9.37 Å².